The Balaban J connectivity index is 1.80. The van der Waals surface area contributed by atoms with Crippen molar-refractivity contribution < 1.29 is 17.9 Å². The maximum atomic E-state index is 12.6. The number of halogens is 3. The van der Waals surface area contributed by atoms with Gasteiger partial charge in [-0.3, -0.25) is 0 Å². The summed E-state index contributed by atoms with van der Waals surface area (Å²) in [7, 11) is 0. The molecule has 7 heteroatoms. The number of aromatic nitrogens is 1. The summed E-state index contributed by atoms with van der Waals surface area (Å²) in [5, 5.41) is 12.1. The van der Waals surface area contributed by atoms with Gasteiger partial charge in [-0.05, 0) is 30.7 Å². The zero-order chi connectivity index (χ0) is 17.4. The number of nitriles is 1. The average molecular weight is 335 g/mol. The Morgan fingerprint density at radius 2 is 1.88 bits per heavy atom. The quantitative estimate of drug-likeness (QED) is 0.787. The molecule has 1 aromatic carbocycles. The molecule has 2 aromatic rings. The largest absolute Gasteiger partial charge is 0.477 e. The molecule has 4 nitrogen and oxygen atoms in total. The van der Waals surface area contributed by atoms with Crippen molar-refractivity contribution in [3.05, 3.63) is 59.3 Å². The van der Waals surface area contributed by atoms with Gasteiger partial charge in [0.25, 0.3) is 0 Å². The molecule has 0 aliphatic rings. The van der Waals surface area contributed by atoms with Crippen molar-refractivity contribution in [2.75, 3.05) is 13.2 Å². The molecule has 1 N–H and O–H groups in total. The molecule has 1 aromatic heterocycles. The van der Waals surface area contributed by atoms with E-state index in [0.717, 1.165) is 17.7 Å². The second kappa shape index (κ2) is 8.31. The lowest BCUT2D eigenvalue weighted by atomic mass is 10.2. The number of nitrogens with one attached hydrogen (secondary N) is 1. The maximum Gasteiger partial charge on any atom is 0.433 e. The van der Waals surface area contributed by atoms with Crippen molar-refractivity contribution in [1.82, 2.24) is 10.3 Å². The first kappa shape index (κ1) is 17.8. The fourth-order valence-electron chi connectivity index (χ4n) is 1.99. The number of pyridine rings is 1. The van der Waals surface area contributed by atoms with E-state index in [2.05, 4.69) is 10.3 Å². The SMILES string of the molecule is N#Cc1ccc(C(F)(F)F)nc1OCCCNCc1ccccc1. The summed E-state index contributed by atoms with van der Waals surface area (Å²) in [6.07, 6.45) is -3.99. The Morgan fingerprint density at radius 3 is 2.54 bits per heavy atom. The predicted octanol–water partition coefficient (Wildman–Crippen LogP) is 3.53. The van der Waals surface area contributed by atoms with Gasteiger partial charge < -0.3 is 10.1 Å². The molecule has 0 amide bonds. The molecule has 0 radical (unpaired) electrons. The van der Waals surface area contributed by atoms with Crippen molar-refractivity contribution in [2.45, 2.75) is 19.1 Å². The molecule has 0 bridgehead atoms. The van der Waals surface area contributed by atoms with Crippen LogP contribution < -0.4 is 10.1 Å². The molecule has 1 heterocycles. The molecule has 0 atom stereocenters. The highest BCUT2D eigenvalue weighted by atomic mass is 19.4. The fraction of sp³-hybridized carbons (Fsp3) is 0.294. The van der Waals surface area contributed by atoms with E-state index in [4.69, 9.17) is 10.00 Å². The Kier molecular flexibility index (Phi) is 6.15. The van der Waals surface area contributed by atoms with Crippen LogP contribution in [0.1, 0.15) is 23.2 Å². The Morgan fingerprint density at radius 1 is 1.12 bits per heavy atom. The number of benzene rings is 1. The summed E-state index contributed by atoms with van der Waals surface area (Å²) in [5.41, 5.74) is 0.0590. The van der Waals surface area contributed by atoms with Gasteiger partial charge in [-0.25, -0.2) is 4.98 Å². The molecule has 0 unspecified atom stereocenters. The molecule has 0 spiro atoms. The lowest BCUT2D eigenvalue weighted by Gasteiger charge is -2.11. The summed E-state index contributed by atoms with van der Waals surface area (Å²) in [6, 6.07) is 13.4. The summed E-state index contributed by atoms with van der Waals surface area (Å²) in [4.78, 5) is 3.39. The Bertz CT molecular complexity index is 696. The van der Waals surface area contributed by atoms with Crippen LogP contribution in [0.4, 0.5) is 13.2 Å². The molecule has 0 aliphatic carbocycles. The van der Waals surface area contributed by atoms with Gasteiger partial charge in [0.15, 0.2) is 0 Å². The van der Waals surface area contributed by atoms with Crippen LogP contribution in [0.25, 0.3) is 0 Å². The summed E-state index contributed by atoms with van der Waals surface area (Å²) in [5.74, 6) is -0.282. The highest BCUT2D eigenvalue weighted by Gasteiger charge is 2.33. The van der Waals surface area contributed by atoms with Gasteiger partial charge in [0.2, 0.25) is 5.88 Å². The smallest absolute Gasteiger partial charge is 0.433 e. The Hall–Kier alpha value is -2.59. The summed E-state index contributed by atoms with van der Waals surface area (Å²) < 4.78 is 43.2. The lowest BCUT2D eigenvalue weighted by molar-refractivity contribution is -0.141. The Labute approximate surface area is 137 Å². The van der Waals surface area contributed by atoms with E-state index in [1.54, 1.807) is 6.07 Å². The summed E-state index contributed by atoms with van der Waals surface area (Å²) in [6.45, 7) is 1.51. The number of hydrogen-bond acceptors (Lipinski definition) is 4. The fourth-order valence-corrected chi connectivity index (χ4v) is 1.99. The van der Waals surface area contributed by atoms with Gasteiger partial charge in [0.05, 0.1) is 6.61 Å². The second-order valence-corrected chi connectivity index (χ2v) is 5.02. The maximum absolute atomic E-state index is 12.6. The van der Waals surface area contributed by atoms with Crippen molar-refractivity contribution in [2.24, 2.45) is 0 Å². The number of nitrogens with zero attached hydrogens (tertiary/aromatic N) is 2. The van der Waals surface area contributed by atoms with Crippen LogP contribution in [0.2, 0.25) is 0 Å². The molecule has 0 fully saturated rings. The van der Waals surface area contributed by atoms with Crippen molar-refractivity contribution in [3.63, 3.8) is 0 Å². The third-order valence-corrected chi connectivity index (χ3v) is 3.18. The van der Waals surface area contributed by atoms with Crippen LogP contribution in [0.15, 0.2) is 42.5 Å². The highest BCUT2D eigenvalue weighted by molar-refractivity contribution is 5.39. The van der Waals surface area contributed by atoms with Gasteiger partial charge in [0.1, 0.15) is 17.3 Å². The van der Waals surface area contributed by atoms with E-state index in [0.29, 0.717) is 19.5 Å². The van der Waals surface area contributed by atoms with Gasteiger partial charge in [-0.15, -0.1) is 0 Å². The van der Waals surface area contributed by atoms with E-state index in [1.807, 2.05) is 30.3 Å². The van der Waals surface area contributed by atoms with E-state index < -0.39 is 11.9 Å². The topological polar surface area (TPSA) is 57.9 Å². The minimum Gasteiger partial charge on any atom is -0.477 e. The number of rotatable bonds is 7. The minimum absolute atomic E-state index is 0.0137. The van der Waals surface area contributed by atoms with E-state index in [9.17, 15) is 13.2 Å². The van der Waals surface area contributed by atoms with Crippen molar-refractivity contribution >= 4 is 0 Å². The molecular weight excluding hydrogens is 319 g/mol. The molecule has 2 rings (SSSR count). The normalized spacial score (nSPS) is 11.1. The zero-order valence-electron chi connectivity index (χ0n) is 12.8. The molecule has 0 saturated carbocycles. The van der Waals surface area contributed by atoms with Crippen LogP contribution >= 0.6 is 0 Å². The van der Waals surface area contributed by atoms with Crippen LogP contribution in [0.3, 0.4) is 0 Å². The number of ether oxygens (including phenoxy) is 1. The first-order valence-corrected chi connectivity index (χ1v) is 7.36. The molecule has 0 saturated heterocycles. The van der Waals surface area contributed by atoms with Crippen LogP contribution in [0, 0.1) is 11.3 Å². The number of hydrogen-bond donors (Lipinski definition) is 1. The van der Waals surface area contributed by atoms with Gasteiger partial charge >= 0.3 is 6.18 Å². The standard InChI is InChI=1S/C17H16F3N3O/c18-17(19,20)15-8-7-14(11-21)16(23-15)24-10-4-9-22-12-13-5-2-1-3-6-13/h1-3,5-8,22H,4,9-10,12H2. The highest BCUT2D eigenvalue weighted by Crippen LogP contribution is 2.30. The molecular formula is C17H16F3N3O. The van der Waals surface area contributed by atoms with Crippen molar-refractivity contribution in [1.29, 1.82) is 5.26 Å². The third-order valence-electron chi connectivity index (χ3n) is 3.18. The van der Waals surface area contributed by atoms with E-state index in [-0.39, 0.29) is 18.1 Å². The van der Waals surface area contributed by atoms with Crippen LogP contribution in [-0.2, 0) is 12.7 Å². The van der Waals surface area contributed by atoms with Crippen LogP contribution in [0.5, 0.6) is 5.88 Å². The van der Waals surface area contributed by atoms with Gasteiger partial charge in [0, 0.05) is 6.54 Å². The summed E-state index contributed by atoms with van der Waals surface area (Å²) >= 11 is 0. The van der Waals surface area contributed by atoms with E-state index >= 15 is 0 Å². The van der Waals surface area contributed by atoms with Gasteiger partial charge in [-0.1, -0.05) is 30.3 Å². The second-order valence-electron chi connectivity index (χ2n) is 5.02. The van der Waals surface area contributed by atoms with Crippen molar-refractivity contribution in [3.8, 4) is 11.9 Å². The average Bonchev–Trinajstić information content (AvgIpc) is 2.58. The predicted molar refractivity (Wildman–Crippen MR) is 82.2 cm³/mol. The first-order chi connectivity index (χ1) is 11.5. The monoisotopic (exact) mass is 335 g/mol. The first-order valence-electron chi connectivity index (χ1n) is 7.36. The minimum atomic E-state index is -4.57. The third kappa shape index (κ3) is 5.25. The molecule has 0 aliphatic heterocycles. The van der Waals surface area contributed by atoms with Crippen LogP contribution in [-0.4, -0.2) is 18.1 Å². The molecule has 126 valence electrons. The zero-order valence-corrected chi connectivity index (χ0v) is 12.8. The molecule has 24 heavy (non-hydrogen) atoms. The lowest BCUT2D eigenvalue weighted by Crippen LogP contribution is -2.17. The van der Waals surface area contributed by atoms with E-state index in [1.165, 1.54) is 0 Å². The van der Waals surface area contributed by atoms with Gasteiger partial charge in [-0.2, -0.15) is 18.4 Å². The number of alkyl halides is 3.